The highest BCUT2D eigenvalue weighted by atomic mass is 16.4. The first kappa shape index (κ1) is 12.4. The monoisotopic (exact) mass is 274 g/mol. The molecule has 20 heavy (non-hydrogen) atoms. The Labute approximate surface area is 119 Å². The second kappa shape index (κ2) is 4.34. The van der Waals surface area contributed by atoms with E-state index in [-0.39, 0.29) is 5.69 Å². The standard InChI is InChI=1S/C16H22N2O2/c1-8-15(16(19)20)18-14(17-8)7-13-11-3-9-2-10(5-11)6-12(13)4-9/h9-13H,2-7H2,1H3,(H,17,18)(H,19,20). The molecule has 0 amide bonds. The van der Waals surface area contributed by atoms with Crippen LogP contribution < -0.4 is 0 Å². The van der Waals surface area contributed by atoms with Gasteiger partial charge in [-0.05, 0) is 68.6 Å². The number of aromatic carboxylic acids is 1. The Balaban J connectivity index is 1.54. The fourth-order valence-electron chi connectivity index (χ4n) is 5.42. The molecule has 1 aromatic rings. The first-order valence-corrected chi connectivity index (χ1v) is 7.89. The topological polar surface area (TPSA) is 66.0 Å². The Hall–Kier alpha value is -1.32. The molecule has 4 nitrogen and oxygen atoms in total. The van der Waals surface area contributed by atoms with Crippen LogP contribution in [-0.4, -0.2) is 21.0 Å². The van der Waals surface area contributed by atoms with Crippen LogP contribution >= 0.6 is 0 Å². The van der Waals surface area contributed by atoms with E-state index in [0.717, 1.165) is 41.8 Å². The highest BCUT2D eigenvalue weighted by Crippen LogP contribution is 2.57. The van der Waals surface area contributed by atoms with Crippen LogP contribution in [0.25, 0.3) is 0 Å². The zero-order chi connectivity index (χ0) is 13.9. The summed E-state index contributed by atoms with van der Waals surface area (Å²) >= 11 is 0. The van der Waals surface area contributed by atoms with Crippen LogP contribution in [0.1, 0.15) is 54.1 Å². The number of nitrogens with one attached hydrogen (secondary N) is 1. The lowest BCUT2D eigenvalue weighted by molar-refractivity contribution is -0.0366. The van der Waals surface area contributed by atoms with Crippen molar-refractivity contribution in [3.05, 3.63) is 17.2 Å². The molecular weight excluding hydrogens is 252 g/mol. The van der Waals surface area contributed by atoms with Crippen LogP contribution in [-0.2, 0) is 6.42 Å². The van der Waals surface area contributed by atoms with Gasteiger partial charge >= 0.3 is 5.97 Å². The summed E-state index contributed by atoms with van der Waals surface area (Å²) in [6.07, 6.45) is 8.05. The molecule has 4 bridgehead atoms. The van der Waals surface area contributed by atoms with E-state index < -0.39 is 5.97 Å². The smallest absolute Gasteiger partial charge is 0.356 e. The van der Waals surface area contributed by atoms with Crippen LogP contribution in [0, 0.1) is 36.5 Å². The maximum atomic E-state index is 11.1. The molecule has 0 saturated heterocycles. The Morgan fingerprint density at radius 1 is 1.20 bits per heavy atom. The number of carboxylic acids is 1. The largest absolute Gasteiger partial charge is 0.476 e. The number of carboxylic acid groups (broad SMARTS) is 1. The summed E-state index contributed by atoms with van der Waals surface area (Å²) in [5.41, 5.74) is 0.889. The number of carbonyl (C=O) groups is 1. The van der Waals surface area contributed by atoms with E-state index in [9.17, 15) is 4.79 Å². The van der Waals surface area contributed by atoms with Gasteiger partial charge in [0, 0.05) is 12.1 Å². The molecular formula is C16H22N2O2. The molecule has 4 saturated carbocycles. The van der Waals surface area contributed by atoms with E-state index in [0.29, 0.717) is 5.69 Å². The van der Waals surface area contributed by atoms with Gasteiger partial charge in [0.05, 0.1) is 0 Å². The number of hydrogen-bond donors (Lipinski definition) is 2. The summed E-state index contributed by atoms with van der Waals surface area (Å²) in [5.74, 6) is 4.40. The van der Waals surface area contributed by atoms with Gasteiger partial charge in [-0.1, -0.05) is 0 Å². The minimum absolute atomic E-state index is 0.198. The number of imidazole rings is 1. The Morgan fingerprint density at radius 3 is 2.30 bits per heavy atom. The first-order chi connectivity index (χ1) is 9.60. The first-order valence-electron chi connectivity index (χ1n) is 7.89. The summed E-state index contributed by atoms with van der Waals surface area (Å²) < 4.78 is 0. The summed E-state index contributed by atoms with van der Waals surface area (Å²) in [5, 5.41) is 9.10. The molecule has 0 aliphatic heterocycles. The molecule has 4 aliphatic rings. The van der Waals surface area contributed by atoms with Gasteiger partial charge in [0.25, 0.3) is 0 Å². The van der Waals surface area contributed by atoms with Gasteiger partial charge in [0.15, 0.2) is 5.69 Å². The maximum Gasteiger partial charge on any atom is 0.356 e. The second-order valence-electron chi connectivity index (χ2n) is 7.26. The number of aromatic nitrogens is 2. The lowest BCUT2D eigenvalue weighted by atomic mass is 9.51. The van der Waals surface area contributed by atoms with Gasteiger partial charge in [-0.3, -0.25) is 0 Å². The molecule has 0 aromatic carbocycles. The van der Waals surface area contributed by atoms with Crippen molar-refractivity contribution < 1.29 is 9.90 Å². The molecule has 4 heteroatoms. The van der Waals surface area contributed by atoms with Crippen LogP contribution in [0.2, 0.25) is 0 Å². The third kappa shape index (κ3) is 1.88. The zero-order valence-corrected chi connectivity index (χ0v) is 11.9. The lowest BCUT2D eigenvalue weighted by Gasteiger charge is -2.54. The summed E-state index contributed by atoms with van der Waals surface area (Å²) in [6.45, 7) is 1.80. The van der Waals surface area contributed by atoms with E-state index in [2.05, 4.69) is 9.97 Å². The van der Waals surface area contributed by atoms with Gasteiger partial charge in [-0.15, -0.1) is 0 Å². The predicted octanol–water partition coefficient (Wildman–Crippen LogP) is 3.03. The van der Waals surface area contributed by atoms with Crippen LogP contribution in [0.4, 0.5) is 0 Å². The van der Waals surface area contributed by atoms with E-state index in [4.69, 9.17) is 5.11 Å². The third-order valence-corrected chi connectivity index (χ3v) is 5.99. The van der Waals surface area contributed by atoms with Gasteiger partial charge in [-0.25, -0.2) is 9.78 Å². The molecule has 108 valence electrons. The van der Waals surface area contributed by atoms with Gasteiger partial charge in [-0.2, -0.15) is 0 Å². The van der Waals surface area contributed by atoms with Crippen molar-refractivity contribution in [1.82, 2.24) is 9.97 Å². The number of rotatable bonds is 3. The molecule has 2 N–H and O–H groups in total. The van der Waals surface area contributed by atoms with Crippen LogP contribution in [0.3, 0.4) is 0 Å². The molecule has 0 spiro atoms. The minimum atomic E-state index is -0.921. The number of nitrogens with zero attached hydrogens (tertiary/aromatic N) is 1. The summed E-state index contributed by atoms with van der Waals surface area (Å²) in [4.78, 5) is 18.6. The Bertz CT molecular complexity index is 521. The van der Waals surface area contributed by atoms with Gasteiger partial charge in [0.1, 0.15) is 5.82 Å². The van der Waals surface area contributed by atoms with Crippen molar-refractivity contribution in [1.29, 1.82) is 0 Å². The molecule has 1 aromatic heterocycles. The molecule has 0 unspecified atom stereocenters. The van der Waals surface area contributed by atoms with E-state index >= 15 is 0 Å². The van der Waals surface area contributed by atoms with Gasteiger partial charge in [0.2, 0.25) is 0 Å². The quantitative estimate of drug-likeness (QED) is 0.890. The lowest BCUT2D eigenvalue weighted by Crippen LogP contribution is -2.45. The van der Waals surface area contributed by atoms with Crippen molar-refractivity contribution in [2.75, 3.05) is 0 Å². The minimum Gasteiger partial charge on any atom is -0.476 e. The van der Waals surface area contributed by atoms with Crippen molar-refractivity contribution in [3.63, 3.8) is 0 Å². The predicted molar refractivity (Wildman–Crippen MR) is 74.5 cm³/mol. The number of aromatic amines is 1. The average Bonchev–Trinajstić information content (AvgIpc) is 2.74. The third-order valence-electron chi connectivity index (χ3n) is 5.99. The van der Waals surface area contributed by atoms with Crippen molar-refractivity contribution in [3.8, 4) is 0 Å². The Morgan fingerprint density at radius 2 is 1.80 bits per heavy atom. The summed E-state index contributed by atoms with van der Waals surface area (Å²) in [6, 6.07) is 0. The normalized spacial score (nSPS) is 38.4. The fraction of sp³-hybridized carbons (Fsp3) is 0.750. The second-order valence-corrected chi connectivity index (χ2v) is 7.26. The average molecular weight is 274 g/mol. The van der Waals surface area contributed by atoms with Gasteiger partial charge < -0.3 is 10.1 Å². The van der Waals surface area contributed by atoms with Crippen molar-refractivity contribution in [2.24, 2.45) is 29.6 Å². The van der Waals surface area contributed by atoms with E-state index in [1.54, 1.807) is 6.92 Å². The zero-order valence-electron chi connectivity index (χ0n) is 11.9. The molecule has 1 heterocycles. The molecule has 4 fully saturated rings. The van der Waals surface area contributed by atoms with E-state index in [1.165, 1.54) is 32.1 Å². The highest BCUT2D eigenvalue weighted by Gasteiger charge is 2.48. The summed E-state index contributed by atoms with van der Waals surface area (Å²) in [7, 11) is 0. The number of H-pyrrole nitrogens is 1. The van der Waals surface area contributed by atoms with Crippen LogP contribution in [0.15, 0.2) is 0 Å². The highest BCUT2D eigenvalue weighted by molar-refractivity contribution is 5.86. The molecule has 0 atom stereocenters. The fourth-order valence-corrected chi connectivity index (χ4v) is 5.42. The molecule has 4 aliphatic carbocycles. The van der Waals surface area contributed by atoms with Crippen molar-refractivity contribution >= 4 is 5.97 Å². The molecule has 0 radical (unpaired) electrons. The maximum absolute atomic E-state index is 11.1. The molecule has 5 rings (SSSR count). The van der Waals surface area contributed by atoms with E-state index in [1.807, 2.05) is 0 Å². The number of aryl methyl sites for hydroxylation is 1. The Kier molecular flexibility index (Phi) is 2.69. The number of hydrogen-bond acceptors (Lipinski definition) is 2. The van der Waals surface area contributed by atoms with Crippen molar-refractivity contribution in [2.45, 2.75) is 45.4 Å². The SMILES string of the molecule is Cc1[nH]c(CC2C3CC4CC(C3)CC2C4)nc1C(=O)O. The van der Waals surface area contributed by atoms with Crippen LogP contribution in [0.5, 0.6) is 0 Å².